The van der Waals surface area contributed by atoms with Gasteiger partial charge in [0, 0.05) is 17.8 Å². The Labute approximate surface area is 176 Å². The van der Waals surface area contributed by atoms with E-state index in [2.05, 4.69) is 6.58 Å². The van der Waals surface area contributed by atoms with Crippen LogP contribution in [0, 0.1) is 23.2 Å². The molecule has 0 aliphatic carbocycles. The van der Waals surface area contributed by atoms with E-state index in [9.17, 15) is 9.90 Å². The lowest BCUT2D eigenvalue weighted by Gasteiger charge is -2.34. The van der Waals surface area contributed by atoms with Crippen molar-refractivity contribution in [2.75, 3.05) is 6.61 Å². The van der Waals surface area contributed by atoms with Gasteiger partial charge in [0.15, 0.2) is 0 Å². The van der Waals surface area contributed by atoms with Crippen molar-refractivity contribution in [2.45, 2.75) is 60.4 Å². The molecule has 29 heavy (non-hydrogen) atoms. The summed E-state index contributed by atoms with van der Waals surface area (Å²) in [5, 5.41) is 10.9. The first-order valence-corrected chi connectivity index (χ1v) is 10.4. The van der Waals surface area contributed by atoms with Crippen LogP contribution in [0.25, 0.3) is 0 Å². The maximum atomic E-state index is 12.2. The fourth-order valence-electron chi connectivity index (χ4n) is 3.16. The van der Waals surface area contributed by atoms with E-state index < -0.39 is 11.5 Å². The summed E-state index contributed by atoms with van der Waals surface area (Å²) in [6.07, 6.45) is 4.62. The SMILES string of the molecule is C=C/C=C/[C@H](C)[C@H](O)[C@@H](C)[C@@H](OCc1ccccc1)[C@@H](C)COC(=O)C(C)(C)C. The van der Waals surface area contributed by atoms with Crippen LogP contribution in [-0.4, -0.2) is 29.9 Å². The van der Waals surface area contributed by atoms with Crippen LogP contribution in [0.15, 0.2) is 55.1 Å². The predicted octanol–water partition coefficient (Wildman–Crippen LogP) is 5.17. The molecule has 162 valence electrons. The highest BCUT2D eigenvalue weighted by atomic mass is 16.5. The Balaban J connectivity index is 2.89. The molecule has 0 radical (unpaired) electrons. The Morgan fingerprint density at radius 2 is 1.79 bits per heavy atom. The van der Waals surface area contributed by atoms with Crippen LogP contribution in [-0.2, 0) is 20.9 Å². The van der Waals surface area contributed by atoms with E-state index in [1.807, 2.05) is 84.0 Å². The van der Waals surface area contributed by atoms with Crippen molar-refractivity contribution >= 4 is 5.97 Å². The minimum Gasteiger partial charge on any atom is -0.465 e. The van der Waals surface area contributed by atoms with Crippen molar-refractivity contribution in [3.05, 3.63) is 60.7 Å². The summed E-state index contributed by atoms with van der Waals surface area (Å²) in [5.74, 6) is -0.492. The number of allylic oxidation sites excluding steroid dienone is 2. The molecule has 0 aliphatic heterocycles. The van der Waals surface area contributed by atoms with Gasteiger partial charge in [0.2, 0.25) is 0 Å². The van der Waals surface area contributed by atoms with Gasteiger partial charge in [-0.05, 0) is 26.3 Å². The number of hydrogen-bond acceptors (Lipinski definition) is 4. The van der Waals surface area contributed by atoms with Crippen LogP contribution in [0.1, 0.15) is 47.1 Å². The molecule has 0 unspecified atom stereocenters. The Morgan fingerprint density at radius 1 is 1.17 bits per heavy atom. The first kappa shape index (κ1) is 25.1. The second-order valence-corrected chi connectivity index (χ2v) is 8.92. The first-order chi connectivity index (χ1) is 13.6. The minimum atomic E-state index is -0.590. The van der Waals surface area contributed by atoms with E-state index in [4.69, 9.17) is 9.47 Å². The molecule has 1 aromatic rings. The topological polar surface area (TPSA) is 55.8 Å². The van der Waals surface area contributed by atoms with E-state index in [1.54, 1.807) is 6.08 Å². The van der Waals surface area contributed by atoms with Crippen molar-refractivity contribution in [1.82, 2.24) is 0 Å². The molecule has 1 rings (SSSR count). The number of esters is 1. The Hall–Kier alpha value is -1.91. The number of carbonyl (C=O) groups is 1. The van der Waals surface area contributed by atoms with Gasteiger partial charge in [-0.3, -0.25) is 4.79 Å². The number of carbonyl (C=O) groups excluding carboxylic acids is 1. The third-order valence-electron chi connectivity index (χ3n) is 5.08. The van der Waals surface area contributed by atoms with Crippen LogP contribution in [0.2, 0.25) is 0 Å². The molecule has 0 amide bonds. The number of ether oxygens (including phenoxy) is 2. The van der Waals surface area contributed by atoms with Gasteiger partial charge < -0.3 is 14.6 Å². The summed E-state index contributed by atoms with van der Waals surface area (Å²) < 4.78 is 11.8. The zero-order valence-corrected chi connectivity index (χ0v) is 18.8. The highest BCUT2D eigenvalue weighted by Crippen LogP contribution is 2.27. The molecule has 0 saturated heterocycles. The third kappa shape index (κ3) is 8.55. The van der Waals surface area contributed by atoms with Gasteiger partial charge in [-0.25, -0.2) is 0 Å². The van der Waals surface area contributed by atoms with Crippen molar-refractivity contribution in [3.8, 4) is 0 Å². The van der Waals surface area contributed by atoms with Crippen LogP contribution >= 0.6 is 0 Å². The molecule has 1 aromatic carbocycles. The largest absolute Gasteiger partial charge is 0.465 e. The number of benzene rings is 1. The van der Waals surface area contributed by atoms with Crippen molar-refractivity contribution < 1.29 is 19.4 Å². The fraction of sp³-hybridized carbons (Fsp3) is 0.560. The normalized spacial score (nSPS) is 17.3. The predicted molar refractivity (Wildman–Crippen MR) is 118 cm³/mol. The van der Waals surface area contributed by atoms with E-state index in [0.717, 1.165) is 5.56 Å². The molecular weight excluding hydrogens is 364 g/mol. The van der Waals surface area contributed by atoms with E-state index in [-0.39, 0.29) is 36.4 Å². The number of aliphatic hydroxyl groups excluding tert-OH is 1. The molecule has 0 aliphatic rings. The highest BCUT2D eigenvalue weighted by molar-refractivity contribution is 5.75. The van der Waals surface area contributed by atoms with Crippen molar-refractivity contribution in [1.29, 1.82) is 0 Å². The zero-order chi connectivity index (χ0) is 22.0. The van der Waals surface area contributed by atoms with Gasteiger partial charge in [-0.1, -0.05) is 75.9 Å². The molecule has 0 spiro atoms. The van der Waals surface area contributed by atoms with Crippen molar-refractivity contribution in [2.24, 2.45) is 23.2 Å². The Bertz CT molecular complexity index is 645. The average Bonchev–Trinajstić information content (AvgIpc) is 2.69. The molecule has 0 aromatic heterocycles. The monoisotopic (exact) mass is 402 g/mol. The Kier molecular flexibility index (Phi) is 10.3. The van der Waals surface area contributed by atoms with Crippen LogP contribution in [0.3, 0.4) is 0 Å². The first-order valence-electron chi connectivity index (χ1n) is 10.4. The van der Waals surface area contributed by atoms with Crippen LogP contribution in [0.5, 0.6) is 0 Å². The average molecular weight is 403 g/mol. The van der Waals surface area contributed by atoms with Gasteiger partial charge in [0.05, 0.1) is 30.8 Å². The summed E-state index contributed by atoms with van der Waals surface area (Å²) in [5.41, 5.74) is 0.521. The molecule has 0 fully saturated rings. The molecule has 4 nitrogen and oxygen atoms in total. The fourth-order valence-corrected chi connectivity index (χ4v) is 3.16. The smallest absolute Gasteiger partial charge is 0.311 e. The molecule has 5 atom stereocenters. The summed E-state index contributed by atoms with van der Waals surface area (Å²) in [6.45, 7) is 15.8. The zero-order valence-electron chi connectivity index (χ0n) is 18.8. The number of rotatable bonds is 11. The van der Waals surface area contributed by atoms with Gasteiger partial charge in [-0.15, -0.1) is 0 Å². The lowest BCUT2D eigenvalue weighted by atomic mass is 9.84. The summed E-state index contributed by atoms with van der Waals surface area (Å²) >= 11 is 0. The van der Waals surface area contributed by atoms with Gasteiger partial charge in [-0.2, -0.15) is 0 Å². The lowest BCUT2D eigenvalue weighted by molar-refractivity contribution is -0.157. The minimum absolute atomic E-state index is 0.0462. The number of hydrogen-bond donors (Lipinski definition) is 1. The maximum absolute atomic E-state index is 12.2. The van der Waals surface area contributed by atoms with Crippen molar-refractivity contribution in [3.63, 3.8) is 0 Å². The van der Waals surface area contributed by atoms with Gasteiger partial charge in [0.1, 0.15) is 0 Å². The quantitative estimate of drug-likeness (QED) is 0.410. The summed E-state index contributed by atoms with van der Waals surface area (Å²) in [4.78, 5) is 12.2. The van der Waals surface area contributed by atoms with E-state index in [1.165, 1.54) is 0 Å². The summed E-state index contributed by atoms with van der Waals surface area (Å²) in [7, 11) is 0. The van der Waals surface area contributed by atoms with Gasteiger partial charge >= 0.3 is 5.97 Å². The van der Waals surface area contributed by atoms with Crippen LogP contribution in [0.4, 0.5) is 0 Å². The van der Waals surface area contributed by atoms with E-state index >= 15 is 0 Å². The second-order valence-electron chi connectivity index (χ2n) is 8.92. The molecule has 1 N–H and O–H groups in total. The van der Waals surface area contributed by atoms with Gasteiger partial charge in [0.25, 0.3) is 0 Å². The molecule has 0 bridgehead atoms. The summed E-state index contributed by atoms with van der Waals surface area (Å²) in [6, 6.07) is 9.94. The molecule has 4 heteroatoms. The Morgan fingerprint density at radius 3 is 2.34 bits per heavy atom. The molecule has 0 heterocycles. The molecular formula is C25H38O4. The molecule has 0 saturated carbocycles. The lowest BCUT2D eigenvalue weighted by Crippen LogP contribution is -2.41. The van der Waals surface area contributed by atoms with Crippen LogP contribution < -0.4 is 0 Å². The third-order valence-corrected chi connectivity index (χ3v) is 5.08. The second kappa shape index (κ2) is 11.9. The van der Waals surface area contributed by atoms with E-state index in [0.29, 0.717) is 6.61 Å². The highest BCUT2D eigenvalue weighted by Gasteiger charge is 2.33. The number of aliphatic hydroxyl groups is 1. The maximum Gasteiger partial charge on any atom is 0.311 e. The standard InChI is InChI=1S/C25H38O4/c1-8-9-13-18(2)22(26)20(4)23(28-17-21-14-11-10-12-15-21)19(3)16-29-24(27)25(5,6)7/h8-15,18-20,22-23,26H,1,16-17H2,2-7H3/b13-9+/t18-,19-,20+,22-,23-/m0/s1.